The van der Waals surface area contributed by atoms with E-state index in [0.29, 0.717) is 49.3 Å². The molecule has 3 heterocycles. The fourth-order valence-corrected chi connectivity index (χ4v) is 6.05. The van der Waals surface area contributed by atoms with E-state index >= 15 is 0 Å². The predicted octanol–water partition coefficient (Wildman–Crippen LogP) is 4.27. The van der Waals surface area contributed by atoms with Gasteiger partial charge in [-0.2, -0.15) is 5.10 Å². The minimum Gasteiger partial charge on any atom is -0.396 e. The Labute approximate surface area is 276 Å². The number of aryl methyl sites for hydroxylation is 1. The number of carbonyl (C=O) groups is 2. The molecule has 0 saturated heterocycles. The second-order valence-electron chi connectivity index (χ2n) is 11.9. The molecule has 1 aromatic heterocycles. The van der Waals surface area contributed by atoms with Crippen molar-refractivity contribution in [2.75, 3.05) is 16.5 Å². The first kappa shape index (κ1) is 32.4. The van der Waals surface area contributed by atoms with Crippen molar-refractivity contribution < 1.29 is 24.7 Å². The maximum Gasteiger partial charge on any atom is 0.269 e. The summed E-state index contributed by atoms with van der Waals surface area (Å²) in [5, 5.41) is 46.8. The van der Waals surface area contributed by atoms with Gasteiger partial charge in [0.2, 0.25) is 5.91 Å². The van der Waals surface area contributed by atoms with Crippen molar-refractivity contribution in [3.63, 3.8) is 0 Å². The second-order valence-corrected chi connectivity index (χ2v) is 11.9. The minimum atomic E-state index is -2.04. The molecule has 0 unspecified atom stereocenters. The first-order valence-corrected chi connectivity index (χ1v) is 15.7. The zero-order chi connectivity index (χ0) is 33.8. The number of aromatic nitrogens is 3. The third-order valence-electron chi connectivity index (χ3n) is 8.69. The van der Waals surface area contributed by atoms with Crippen molar-refractivity contribution in [2.24, 2.45) is 11.0 Å². The number of hydrogen-bond acceptors (Lipinski definition) is 9. The average molecular weight is 650 g/mol. The minimum absolute atomic E-state index is 0.0185. The van der Waals surface area contributed by atoms with E-state index < -0.39 is 22.3 Å². The van der Waals surface area contributed by atoms with Crippen molar-refractivity contribution in [1.82, 2.24) is 15.0 Å². The Balaban J connectivity index is 1.21. The fourth-order valence-electron chi connectivity index (χ4n) is 6.05. The molecule has 4 aromatic rings. The number of anilines is 2. The molecule has 2 amide bonds. The van der Waals surface area contributed by atoms with E-state index in [-0.39, 0.29) is 30.3 Å². The molecule has 13 nitrogen and oxygen atoms in total. The summed E-state index contributed by atoms with van der Waals surface area (Å²) in [5.74, 6) is -1.43. The largest absolute Gasteiger partial charge is 0.396 e. The number of non-ortho nitro benzene ring substituents is 1. The van der Waals surface area contributed by atoms with Gasteiger partial charge in [0.05, 0.1) is 34.2 Å². The van der Waals surface area contributed by atoms with Gasteiger partial charge >= 0.3 is 0 Å². The van der Waals surface area contributed by atoms with Crippen LogP contribution in [0.5, 0.6) is 0 Å². The third-order valence-corrected chi connectivity index (χ3v) is 8.69. The van der Waals surface area contributed by atoms with Crippen LogP contribution in [0.3, 0.4) is 0 Å². The summed E-state index contributed by atoms with van der Waals surface area (Å²) in [6, 6.07) is 20.9. The maximum absolute atomic E-state index is 14.0. The Bertz CT molecular complexity index is 1890. The Hall–Kier alpha value is -5.53. The Kier molecular flexibility index (Phi) is 9.24. The van der Waals surface area contributed by atoms with Gasteiger partial charge in [0.1, 0.15) is 0 Å². The average Bonchev–Trinajstić information content (AvgIpc) is 3.64. The van der Waals surface area contributed by atoms with E-state index in [9.17, 15) is 24.8 Å². The molecule has 2 aliphatic rings. The number of hydrazone groups is 1. The number of nitro benzene ring substituents is 1. The normalized spacial score (nSPS) is 18.4. The standard InChI is InChI=1S/C35H35N7O6/c1-24(7-5-6-19-39-23-27(18-20-43)36-38-39)35(46)30-21-29(42(47)48)14-16-32(30)40(34(35)45)22-25-10-12-28(13-11-25)41-33(44)17-15-31(37-41)26-8-3-2-4-9-26/h2-5,7-14,16,21,23-24,43,46H,6,15,17-20,22H2,1H3/b7-5+/t24-,35+/m0/s1. The van der Waals surface area contributed by atoms with Crippen LogP contribution in [-0.4, -0.2) is 54.3 Å². The monoisotopic (exact) mass is 649 g/mol. The van der Waals surface area contributed by atoms with Crippen LogP contribution < -0.4 is 9.91 Å². The van der Waals surface area contributed by atoms with Crippen LogP contribution in [0.2, 0.25) is 0 Å². The lowest BCUT2D eigenvalue weighted by Crippen LogP contribution is -2.44. The van der Waals surface area contributed by atoms with Gasteiger partial charge in [-0.3, -0.25) is 24.4 Å². The molecular weight excluding hydrogens is 614 g/mol. The number of rotatable bonds is 12. The van der Waals surface area contributed by atoms with Crippen molar-refractivity contribution in [1.29, 1.82) is 0 Å². The lowest BCUT2D eigenvalue weighted by molar-refractivity contribution is -0.385. The quantitative estimate of drug-likeness (QED) is 0.130. The maximum atomic E-state index is 14.0. The molecule has 2 atom stereocenters. The number of benzene rings is 3. The van der Waals surface area contributed by atoms with Crippen LogP contribution in [0, 0.1) is 16.0 Å². The van der Waals surface area contributed by atoms with Crippen molar-refractivity contribution in [2.45, 2.75) is 51.3 Å². The number of aliphatic hydroxyl groups is 2. The third kappa shape index (κ3) is 6.37. The van der Waals surface area contributed by atoms with Gasteiger partial charge in [0.15, 0.2) is 5.60 Å². The van der Waals surface area contributed by atoms with Crippen LogP contribution in [-0.2, 0) is 34.7 Å². The van der Waals surface area contributed by atoms with E-state index in [1.807, 2.05) is 36.4 Å². The Morgan fingerprint density at radius 1 is 1.06 bits per heavy atom. The van der Waals surface area contributed by atoms with E-state index in [0.717, 1.165) is 16.8 Å². The van der Waals surface area contributed by atoms with Crippen LogP contribution in [0.25, 0.3) is 0 Å². The van der Waals surface area contributed by atoms with Crippen molar-refractivity contribution >= 4 is 34.6 Å². The first-order valence-electron chi connectivity index (χ1n) is 15.7. The van der Waals surface area contributed by atoms with E-state index in [2.05, 4.69) is 15.4 Å². The molecule has 13 heteroatoms. The van der Waals surface area contributed by atoms with Gasteiger partial charge in [-0.15, -0.1) is 5.10 Å². The van der Waals surface area contributed by atoms with E-state index in [1.165, 1.54) is 28.1 Å². The lowest BCUT2D eigenvalue weighted by Gasteiger charge is -2.27. The number of amides is 2. The van der Waals surface area contributed by atoms with Gasteiger partial charge in [0, 0.05) is 62.2 Å². The highest BCUT2D eigenvalue weighted by Crippen LogP contribution is 2.47. The summed E-state index contributed by atoms with van der Waals surface area (Å²) in [4.78, 5) is 39.3. The highest BCUT2D eigenvalue weighted by Gasteiger charge is 2.53. The summed E-state index contributed by atoms with van der Waals surface area (Å²) in [7, 11) is 0. The van der Waals surface area contributed by atoms with Crippen LogP contribution >= 0.6 is 0 Å². The summed E-state index contributed by atoms with van der Waals surface area (Å²) in [6.45, 7) is 2.27. The first-order chi connectivity index (χ1) is 23.2. The van der Waals surface area contributed by atoms with Gasteiger partial charge in [-0.25, -0.2) is 5.01 Å². The molecule has 6 rings (SSSR count). The molecule has 48 heavy (non-hydrogen) atoms. The lowest BCUT2D eigenvalue weighted by atomic mass is 9.82. The van der Waals surface area contributed by atoms with Gasteiger partial charge in [0.25, 0.3) is 11.6 Å². The molecule has 0 bridgehead atoms. The number of hydrogen-bond donors (Lipinski definition) is 2. The smallest absolute Gasteiger partial charge is 0.269 e. The summed E-state index contributed by atoms with van der Waals surface area (Å²) in [5.41, 5.74) is 2.07. The highest BCUT2D eigenvalue weighted by molar-refractivity contribution is 6.09. The Morgan fingerprint density at radius 3 is 2.56 bits per heavy atom. The van der Waals surface area contributed by atoms with Gasteiger partial charge < -0.3 is 15.1 Å². The SMILES string of the molecule is C[C@@H](/C=C/CCn1cc(CCO)nn1)[C@]1(O)C(=O)N(Cc2ccc(N3N=C(c4ccccc4)CCC3=O)cc2)c2ccc([N+](=O)[O-])cc21. The fraction of sp³-hybridized carbons (Fsp3) is 0.286. The number of nitrogens with zero attached hydrogens (tertiary/aromatic N) is 7. The summed E-state index contributed by atoms with van der Waals surface area (Å²) < 4.78 is 1.65. The molecule has 246 valence electrons. The molecule has 3 aromatic carbocycles. The van der Waals surface area contributed by atoms with Gasteiger partial charge in [-0.05, 0) is 35.7 Å². The number of nitro groups is 1. The number of aliphatic hydroxyl groups excluding tert-OH is 1. The van der Waals surface area contributed by atoms with E-state index in [4.69, 9.17) is 5.11 Å². The topological polar surface area (TPSA) is 167 Å². The van der Waals surface area contributed by atoms with Crippen molar-refractivity contribution in [3.05, 3.63) is 124 Å². The zero-order valence-corrected chi connectivity index (χ0v) is 26.3. The number of fused-ring (bicyclic) bond motifs is 1. The molecule has 0 fully saturated rings. The molecule has 0 aliphatic carbocycles. The second kappa shape index (κ2) is 13.7. The summed E-state index contributed by atoms with van der Waals surface area (Å²) >= 11 is 0. The van der Waals surface area contributed by atoms with Crippen LogP contribution in [0.1, 0.15) is 48.6 Å². The van der Waals surface area contributed by atoms with E-state index in [1.54, 1.807) is 48.1 Å². The molecule has 0 radical (unpaired) electrons. The van der Waals surface area contributed by atoms with Gasteiger partial charge in [-0.1, -0.05) is 66.8 Å². The van der Waals surface area contributed by atoms with Crippen LogP contribution in [0.4, 0.5) is 17.1 Å². The number of carbonyl (C=O) groups excluding carboxylic acids is 2. The molecule has 0 saturated carbocycles. The molecular formula is C35H35N7O6. The Morgan fingerprint density at radius 2 is 1.83 bits per heavy atom. The molecule has 2 aliphatic heterocycles. The molecule has 0 spiro atoms. The highest BCUT2D eigenvalue weighted by atomic mass is 16.6. The zero-order valence-electron chi connectivity index (χ0n) is 26.3. The van der Waals surface area contributed by atoms with Crippen molar-refractivity contribution in [3.8, 4) is 0 Å². The summed E-state index contributed by atoms with van der Waals surface area (Å²) in [6.07, 6.45) is 7.14. The predicted molar refractivity (Wildman–Crippen MR) is 178 cm³/mol. The van der Waals surface area contributed by atoms with Crippen LogP contribution in [0.15, 0.2) is 96.2 Å². The molecule has 2 N–H and O–H groups in total. The number of allylic oxidation sites excluding steroid dienone is 1.